The molecule has 19 heavy (non-hydrogen) atoms. The van der Waals surface area contributed by atoms with Gasteiger partial charge in [0, 0.05) is 16.0 Å². The largest absolute Gasteiger partial charge is 0.496 e. The van der Waals surface area contributed by atoms with E-state index < -0.39 is 0 Å². The van der Waals surface area contributed by atoms with Crippen molar-refractivity contribution in [1.29, 1.82) is 0 Å². The standard InChI is InChI=1S/C16H24O2S/c1-5-7-11-19-16-13(12(3)17)9-10-15(18-4)14(16)8-6-2/h9-10H,5-8,11H2,1-4H3. The number of hydrogen-bond donors (Lipinski definition) is 0. The number of carbonyl (C=O) groups excluding carboxylic acids is 1. The van der Waals surface area contributed by atoms with E-state index in [2.05, 4.69) is 13.8 Å². The fourth-order valence-corrected chi connectivity index (χ4v) is 3.43. The lowest BCUT2D eigenvalue weighted by molar-refractivity contribution is 0.101. The molecular formula is C16H24O2S. The minimum Gasteiger partial charge on any atom is -0.496 e. The number of methoxy groups -OCH3 is 1. The van der Waals surface area contributed by atoms with Crippen molar-refractivity contribution in [3.63, 3.8) is 0 Å². The van der Waals surface area contributed by atoms with Crippen molar-refractivity contribution in [1.82, 2.24) is 0 Å². The summed E-state index contributed by atoms with van der Waals surface area (Å²) in [6.45, 7) is 5.98. The van der Waals surface area contributed by atoms with E-state index in [1.54, 1.807) is 25.8 Å². The summed E-state index contributed by atoms with van der Waals surface area (Å²) in [4.78, 5) is 12.9. The van der Waals surface area contributed by atoms with E-state index in [0.717, 1.165) is 34.8 Å². The number of ketones is 1. The first-order valence-electron chi connectivity index (χ1n) is 6.99. The van der Waals surface area contributed by atoms with Gasteiger partial charge in [-0.3, -0.25) is 4.79 Å². The topological polar surface area (TPSA) is 26.3 Å². The predicted molar refractivity (Wildman–Crippen MR) is 82.6 cm³/mol. The number of carbonyl (C=O) groups is 1. The Kier molecular flexibility index (Phi) is 7.00. The van der Waals surface area contributed by atoms with Gasteiger partial charge in [-0.1, -0.05) is 26.7 Å². The highest BCUT2D eigenvalue weighted by Crippen LogP contribution is 2.35. The lowest BCUT2D eigenvalue weighted by Crippen LogP contribution is -2.03. The lowest BCUT2D eigenvalue weighted by atomic mass is 10.0. The summed E-state index contributed by atoms with van der Waals surface area (Å²) < 4.78 is 5.45. The van der Waals surface area contributed by atoms with Gasteiger partial charge in [0.1, 0.15) is 5.75 Å². The van der Waals surface area contributed by atoms with Gasteiger partial charge < -0.3 is 4.74 Å². The Morgan fingerprint density at radius 1 is 1.26 bits per heavy atom. The number of hydrogen-bond acceptors (Lipinski definition) is 3. The van der Waals surface area contributed by atoms with Crippen LogP contribution in [0.1, 0.15) is 56.0 Å². The minimum atomic E-state index is 0.138. The molecule has 3 heteroatoms. The maximum atomic E-state index is 11.8. The number of ether oxygens (including phenoxy) is 1. The SMILES string of the molecule is CCCCSc1c(C(C)=O)ccc(OC)c1CCC. The van der Waals surface area contributed by atoms with E-state index >= 15 is 0 Å². The minimum absolute atomic E-state index is 0.138. The van der Waals surface area contributed by atoms with Gasteiger partial charge in [0.25, 0.3) is 0 Å². The van der Waals surface area contributed by atoms with Crippen LogP contribution in [0.15, 0.2) is 17.0 Å². The van der Waals surface area contributed by atoms with Gasteiger partial charge in [-0.25, -0.2) is 0 Å². The molecule has 0 heterocycles. The normalized spacial score (nSPS) is 10.5. The first-order valence-corrected chi connectivity index (χ1v) is 7.97. The third-order valence-electron chi connectivity index (χ3n) is 3.06. The van der Waals surface area contributed by atoms with E-state index in [9.17, 15) is 4.79 Å². The van der Waals surface area contributed by atoms with Crippen LogP contribution >= 0.6 is 11.8 Å². The van der Waals surface area contributed by atoms with Gasteiger partial charge >= 0.3 is 0 Å². The quantitative estimate of drug-likeness (QED) is 0.391. The highest BCUT2D eigenvalue weighted by Gasteiger charge is 2.16. The van der Waals surface area contributed by atoms with Crippen LogP contribution in [0.3, 0.4) is 0 Å². The van der Waals surface area contributed by atoms with Gasteiger partial charge in [0.05, 0.1) is 7.11 Å². The highest BCUT2D eigenvalue weighted by atomic mass is 32.2. The van der Waals surface area contributed by atoms with Gasteiger partial charge in [0.15, 0.2) is 5.78 Å². The Hall–Kier alpha value is -0.960. The molecule has 0 amide bonds. The zero-order chi connectivity index (χ0) is 14.3. The molecule has 0 aromatic heterocycles. The molecule has 2 nitrogen and oxygen atoms in total. The first-order chi connectivity index (χ1) is 9.15. The van der Waals surface area contributed by atoms with Crippen LogP contribution in [0, 0.1) is 0 Å². The zero-order valence-corrected chi connectivity index (χ0v) is 13.2. The van der Waals surface area contributed by atoms with Gasteiger partial charge in [-0.05, 0) is 37.7 Å². The number of rotatable bonds is 8. The summed E-state index contributed by atoms with van der Waals surface area (Å²) >= 11 is 1.80. The molecule has 0 spiro atoms. The highest BCUT2D eigenvalue weighted by molar-refractivity contribution is 7.99. The second kappa shape index (κ2) is 8.26. The van der Waals surface area contributed by atoms with Crippen molar-refractivity contribution in [2.75, 3.05) is 12.9 Å². The third kappa shape index (κ3) is 4.27. The molecule has 0 saturated heterocycles. The predicted octanol–water partition coefficient (Wildman–Crippen LogP) is 4.74. The molecule has 0 radical (unpaired) electrons. The zero-order valence-electron chi connectivity index (χ0n) is 12.4. The van der Waals surface area contributed by atoms with Crippen LogP contribution in [0.4, 0.5) is 0 Å². The molecule has 1 rings (SSSR count). The number of benzene rings is 1. The molecule has 1 aromatic carbocycles. The summed E-state index contributed by atoms with van der Waals surface area (Å²) in [5.74, 6) is 2.10. The Labute approximate surface area is 120 Å². The molecule has 0 unspecified atom stereocenters. The molecule has 0 atom stereocenters. The summed E-state index contributed by atoms with van der Waals surface area (Å²) in [5, 5.41) is 0. The Bertz CT molecular complexity index is 427. The molecule has 0 N–H and O–H groups in total. The maximum absolute atomic E-state index is 11.8. The second-order valence-corrected chi connectivity index (χ2v) is 5.74. The first kappa shape index (κ1) is 16.1. The van der Waals surface area contributed by atoms with Crippen molar-refractivity contribution in [3.8, 4) is 5.75 Å². The molecule has 0 bridgehead atoms. The van der Waals surface area contributed by atoms with E-state index in [0.29, 0.717) is 0 Å². The monoisotopic (exact) mass is 280 g/mol. The van der Waals surface area contributed by atoms with E-state index in [-0.39, 0.29) is 5.78 Å². The van der Waals surface area contributed by atoms with Crippen molar-refractivity contribution in [2.24, 2.45) is 0 Å². The molecule has 0 aliphatic carbocycles. The van der Waals surface area contributed by atoms with Crippen molar-refractivity contribution >= 4 is 17.5 Å². The average molecular weight is 280 g/mol. The van der Waals surface area contributed by atoms with Crippen molar-refractivity contribution in [3.05, 3.63) is 23.3 Å². The molecule has 0 aliphatic heterocycles. The summed E-state index contributed by atoms with van der Waals surface area (Å²) in [5.41, 5.74) is 2.03. The van der Waals surface area contributed by atoms with Gasteiger partial charge in [-0.15, -0.1) is 11.8 Å². The molecule has 1 aromatic rings. The second-order valence-electron chi connectivity index (χ2n) is 4.63. The molecule has 0 aliphatic rings. The van der Waals surface area contributed by atoms with Crippen LogP contribution in [0.25, 0.3) is 0 Å². The van der Waals surface area contributed by atoms with Crippen LogP contribution in [-0.2, 0) is 6.42 Å². The third-order valence-corrected chi connectivity index (χ3v) is 4.31. The number of thioether (sulfide) groups is 1. The van der Waals surface area contributed by atoms with Crippen LogP contribution in [0.2, 0.25) is 0 Å². The van der Waals surface area contributed by atoms with Gasteiger partial charge in [0.2, 0.25) is 0 Å². The lowest BCUT2D eigenvalue weighted by Gasteiger charge is -2.16. The Balaban J connectivity index is 3.19. The van der Waals surface area contributed by atoms with Crippen molar-refractivity contribution < 1.29 is 9.53 Å². The smallest absolute Gasteiger partial charge is 0.160 e. The van der Waals surface area contributed by atoms with Crippen LogP contribution in [-0.4, -0.2) is 18.6 Å². The summed E-state index contributed by atoms with van der Waals surface area (Å²) in [7, 11) is 1.70. The number of Topliss-reactive ketones (excluding diaryl/α,β-unsaturated/α-hetero) is 1. The summed E-state index contributed by atoms with van der Waals surface area (Å²) in [6.07, 6.45) is 4.36. The summed E-state index contributed by atoms with van der Waals surface area (Å²) in [6, 6.07) is 3.82. The average Bonchev–Trinajstić information content (AvgIpc) is 2.40. The molecule has 106 valence electrons. The van der Waals surface area contributed by atoms with Crippen molar-refractivity contribution in [2.45, 2.75) is 51.3 Å². The van der Waals surface area contributed by atoms with E-state index in [1.165, 1.54) is 18.4 Å². The molecular weight excluding hydrogens is 256 g/mol. The maximum Gasteiger partial charge on any atom is 0.160 e. The van der Waals surface area contributed by atoms with E-state index in [1.807, 2.05) is 12.1 Å². The van der Waals surface area contributed by atoms with Gasteiger partial charge in [-0.2, -0.15) is 0 Å². The number of unbranched alkanes of at least 4 members (excludes halogenated alkanes) is 1. The Morgan fingerprint density at radius 3 is 2.53 bits per heavy atom. The van der Waals surface area contributed by atoms with E-state index in [4.69, 9.17) is 4.74 Å². The Morgan fingerprint density at radius 2 is 2.00 bits per heavy atom. The van der Waals surface area contributed by atoms with Crippen LogP contribution < -0.4 is 4.74 Å². The molecule has 0 fully saturated rings. The molecule has 0 saturated carbocycles. The fourth-order valence-electron chi connectivity index (χ4n) is 2.05. The van der Waals surface area contributed by atoms with Crippen LogP contribution in [0.5, 0.6) is 5.75 Å². The fraction of sp³-hybridized carbons (Fsp3) is 0.562.